The van der Waals surface area contributed by atoms with Gasteiger partial charge in [0.1, 0.15) is 0 Å². The summed E-state index contributed by atoms with van der Waals surface area (Å²) in [6.07, 6.45) is -0.173. The third kappa shape index (κ3) is 4.77. The van der Waals surface area contributed by atoms with E-state index in [0.29, 0.717) is 5.56 Å². The molecule has 1 aromatic carbocycles. The second-order valence-electron chi connectivity index (χ2n) is 2.31. The Morgan fingerprint density at radius 2 is 1.75 bits per heavy atom. The van der Waals surface area contributed by atoms with Crippen LogP contribution >= 0.6 is 7.60 Å². The smallest absolute Gasteiger partial charge is 1.00 e. The van der Waals surface area contributed by atoms with E-state index in [4.69, 9.17) is 9.79 Å². The van der Waals surface area contributed by atoms with E-state index >= 15 is 0 Å². The number of hydrogen-bond donors (Lipinski definition) is 2. The summed E-state index contributed by atoms with van der Waals surface area (Å²) in [5.74, 6) is 0. The SMILES string of the molecule is O=P(O)(O)Cc1ccccc1.[H-].[Li+]. The Hall–Kier alpha value is -0.0326. The standard InChI is InChI=1S/C7H9O3P.Li.H/c8-11(9,10)6-7-4-2-1-3-5-7;;/h1-5H,6H2,(H2,8,9,10);;/q;+1;-1. The summed E-state index contributed by atoms with van der Waals surface area (Å²) in [6.45, 7) is 0. The van der Waals surface area contributed by atoms with E-state index in [1.54, 1.807) is 24.3 Å². The van der Waals surface area contributed by atoms with Gasteiger partial charge in [-0.2, -0.15) is 0 Å². The van der Waals surface area contributed by atoms with Gasteiger partial charge < -0.3 is 11.2 Å². The van der Waals surface area contributed by atoms with Gasteiger partial charge in [-0.3, -0.25) is 4.57 Å². The van der Waals surface area contributed by atoms with Crippen molar-refractivity contribution < 1.29 is 34.6 Å². The van der Waals surface area contributed by atoms with Gasteiger partial charge in [0.25, 0.3) is 0 Å². The van der Waals surface area contributed by atoms with E-state index in [2.05, 4.69) is 0 Å². The molecule has 5 heteroatoms. The molecule has 0 spiro atoms. The van der Waals surface area contributed by atoms with Crippen LogP contribution in [0.5, 0.6) is 0 Å². The molecular formula is C7H10LiO3P. The van der Waals surface area contributed by atoms with Gasteiger partial charge >= 0.3 is 26.5 Å². The van der Waals surface area contributed by atoms with Crippen molar-refractivity contribution in [1.82, 2.24) is 0 Å². The summed E-state index contributed by atoms with van der Waals surface area (Å²) in [6, 6.07) is 8.71. The van der Waals surface area contributed by atoms with Crippen LogP contribution < -0.4 is 18.9 Å². The first-order valence-electron chi connectivity index (χ1n) is 3.16. The van der Waals surface area contributed by atoms with E-state index in [0.717, 1.165) is 0 Å². The summed E-state index contributed by atoms with van der Waals surface area (Å²) in [5, 5.41) is 0. The van der Waals surface area contributed by atoms with Gasteiger partial charge in [-0.25, -0.2) is 0 Å². The molecule has 1 aromatic rings. The molecule has 0 saturated heterocycles. The van der Waals surface area contributed by atoms with Crippen molar-refractivity contribution in [3.8, 4) is 0 Å². The minimum Gasteiger partial charge on any atom is -1.00 e. The molecule has 0 unspecified atom stereocenters. The van der Waals surface area contributed by atoms with E-state index < -0.39 is 7.60 Å². The van der Waals surface area contributed by atoms with Gasteiger partial charge in [0.2, 0.25) is 0 Å². The zero-order valence-corrected chi connectivity index (χ0v) is 7.74. The molecule has 0 fully saturated rings. The van der Waals surface area contributed by atoms with Crippen molar-refractivity contribution >= 4 is 7.60 Å². The Morgan fingerprint density at radius 1 is 1.25 bits per heavy atom. The average molecular weight is 180 g/mol. The molecule has 0 bridgehead atoms. The maximum Gasteiger partial charge on any atom is 1.00 e. The topological polar surface area (TPSA) is 57.5 Å². The van der Waals surface area contributed by atoms with Crippen LogP contribution in [0.15, 0.2) is 30.3 Å². The molecule has 2 N–H and O–H groups in total. The number of hydrogen-bond acceptors (Lipinski definition) is 1. The quantitative estimate of drug-likeness (QED) is 0.429. The second kappa shape index (κ2) is 4.86. The molecule has 12 heavy (non-hydrogen) atoms. The maximum absolute atomic E-state index is 10.5. The monoisotopic (exact) mass is 180 g/mol. The van der Waals surface area contributed by atoms with Crippen LogP contribution in [-0.2, 0) is 10.7 Å². The molecule has 3 nitrogen and oxygen atoms in total. The Kier molecular flexibility index (Phi) is 4.85. The van der Waals surface area contributed by atoms with Crippen LogP contribution in [0.4, 0.5) is 0 Å². The Labute approximate surface area is 84.6 Å². The van der Waals surface area contributed by atoms with Crippen molar-refractivity contribution in [2.24, 2.45) is 0 Å². The fourth-order valence-electron chi connectivity index (χ4n) is 0.821. The first-order valence-corrected chi connectivity index (χ1v) is 4.96. The Balaban J connectivity index is 0. The van der Waals surface area contributed by atoms with Gasteiger partial charge in [0.05, 0.1) is 6.16 Å². The van der Waals surface area contributed by atoms with Gasteiger partial charge in [0.15, 0.2) is 0 Å². The van der Waals surface area contributed by atoms with Crippen LogP contribution in [-0.4, -0.2) is 9.79 Å². The summed E-state index contributed by atoms with van der Waals surface area (Å²) in [4.78, 5) is 17.2. The van der Waals surface area contributed by atoms with Crippen LogP contribution in [0.3, 0.4) is 0 Å². The Morgan fingerprint density at radius 3 is 2.17 bits per heavy atom. The second-order valence-corrected chi connectivity index (χ2v) is 3.95. The zero-order valence-electron chi connectivity index (χ0n) is 7.84. The van der Waals surface area contributed by atoms with Crippen molar-refractivity contribution in [2.45, 2.75) is 6.16 Å². The minimum atomic E-state index is -3.89. The van der Waals surface area contributed by atoms with Gasteiger partial charge in [-0.05, 0) is 5.56 Å². The molecule has 0 aliphatic heterocycles. The third-order valence-corrected chi connectivity index (χ3v) is 2.01. The van der Waals surface area contributed by atoms with E-state index in [1.165, 1.54) is 0 Å². The predicted octanol–water partition coefficient (Wildman–Crippen LogP) is -1.52. The molecular weight excluding hydrogens is 170 g/mol. The Bertz CT molecular complexity index is 274. The molecule has 1 rings (SSSR count). The van der Waals surface area contributed by atoms with E-state index in [-0.39, 0.29) is 26.4 Å². The first kappa shape index (κ1) is 12.0. The molecule has 0 radical (unpaired) electrons. The largest absolute Gasteiger partial charge is 1.00 e. The molecule has 0 amide bonds. The third-order valence-electron chi connectivity index (χ3n) is 1.23. The van der Waals surface area contributed by atoms with E-state index in [9.17, 15) is 4.57 Å². The molecule has 0 heterocycles. The molecule has 0 aliphatic rings. The normalized spacial score (nSPS) is 10.5. The number of benzene rings is 1. The fourth-order valence-corrected chi connectivity index (χ4v) is 1.51. The average Bonchev–Trinajstić information content (AvgIpc) is 1.85. The van der Waals surface area contributed by atoms with Gasteiger partial charge in [-0.1, -0.05) is 30.3 Å². The predicted molar refractivity (Wildman–Crippen MR) is 43.3 cm³/mol. The van der Waals surface area contributed by atoms with Gasteiger partial charge in [0, 0.05) is 0 Å². The van der Waals surface area contributed by atoms with Crippen molar-refractivity contribution in [1.29, 1.82) is 0 Å². The minimum absolute atomic E-state index is 0. The van der Waals surface area contributed by atoms with Crippen molar-refractivity contribution in [3.05, 3.63) is 35.9 Å². The van der Waals surface area contributed by atoms with Crippen LogP contribution in [0.25, 0.3) is 0 Å². The summed E-state index contributed by atoms with van der Waals surface area (Å²) in [5.41, 5.74) is 0.667. The van der Waals surface area contributed by atoms with Crippen LogP contribution in [0, 0.1) is 0 Å². The van der Waals surface area contributed by atoms with Crippen LogP contribution in [0.1, 0.15) is 6.99 Å². The summed E-state index contributed by atoms with van der Waals surface area (Å²) >= 11 is 0. The fraction of sp³-hybridized carbons (Fsp3) is 0.143. The molecule has 0 aromatic heterocycles. The van der Waals surface area contributed by atoms with Crippen LogP contribution in [0.2, 0.25) is 0 Å². The first-order chi connectivity index (χ1) is 5.08. The summed E-state index contributed by atoms with van der Waals surface area (Å²) in [7, 11) is -3.89. The van der Waals surface area contributed by atoms with Crippen molar-refractivity contribution in [3.63, 3.8) is 0 Å². The summed E-state index contributed by atoms with van der Waals surface area (Å²) < 4.78 is 10.5. The van der Waals surface area contributed by atoms with Gasteiger partial charge in [-0.15, -0.1) is 0 Å². The molecule has 0 atom stereocenters. The van der Waals surface area contributed by atoms with Crippen molar-refractivity contribution in [2.75, 3.05) is 0 Å². The molecule has 0 saturated carbocycles. The maximum atomic E-state index is 10.5. The molecule has 0 aliphatic carbocycles. The molecule has 62 valence electrons. The zero-order chi connectivity index (χ0) is 8.32. The van der Waals surface area contributed by atoms with E-state index in [1.807, 2.05) is 6.07 Å². The number of rotatable bonds is 2.